The third kappa shape index (κ3) is 2.81. The number of hydrogen-bond donors (Lipinski definition) is 0. The summed E-state index contributed by atoms with van der Waals surface area (Å²) in [6, 6.07) is 3.55. The van der Waals surface area contributed by atoms with Crippen LogP contribution in [-0.4, -0.2) is 31.2 Å². The van der Waals surface area contributed by atoms with E-state index in [4.69, 9.17) is 4.74 Å². The number of rotatable bonds is 5. The molecule has 0 unspecified atom stereocenters. The fraction of sp³-hybridized carbons (Fsp3) is 0.571. The predicted octanol–water partition coefficient (Wildman–Crippen LogP) is 2.49. The van der Waals surface area contributed by atoms with E-state index in [-0.39, 0.29) is 5.97 Å². The minimum absolute atomic E-state index is 0.291. The molecule has 0 atom stereocenters. The quantitative estimate of drug-likeness (QED) is 0.751. The maximum absolute atomic E-state index is 11.9. The number of esters is 1. The summed E-state index contributed by atoms with van der Waals surface area (Å²) in [5, 5.41) is 0. The molecule has 1 fully saturated rings. The first-order valence-corrected chi connectivity index (χ1v) is 6.55. The molecular formula is C14H20N2O2. The number of anilines is 1. The maximum atomic E-state index is 11.9. The molecular weight excluding hydrogens is 228 g/mol. The van der Waals surface area contributed by atoms with Crippen molar-refractivity contribution in [2.75, 3.05) is 25.1 Å². The minimum atomic E-state index is -0.291. The zero-order valence-electron chi connectivity index (χ0n) is 11.1. The standard InChI is InChI=1S/C14H20N2O2/c1-3-18-14(17)12-8-5-9-15-13(12)16(2)10-11-6-4-7-11/h5,8-9,11H,3-4,6-7,10H2,1-2H3. The van der Waals surface area contributed by atoms with Crippen LogP contribution in [0.25, 0.3) is 0 Å². The highest BCUT2D eigenvalue weighted by molar-refractivity contribution is 5.94. The van der Waals surface area contributed by atoms with E-state index in [1.807, 2.05) is 14.0 Å². The summed E-state index contributed by atoms with van der Waals surface area (Å²) in [4.78, 5) is 18.2. The van der Waals surface area contributed by atoms with Crippen LogP contribution >= 0.6 is 0 Å². The average Bonchev–Trinajstić information content (AvgIpc) is 2.34. The Hall–Kier alpha value is -1.58. The van der Waals surface area contributed by atoms with Crippen molar-refractivity contribution in [1.82, 2.24) is 4.98 Å². The van der Waals surface area contributed by atoms with Gasteiger partial charge in [-0.1, -0.05) is 6.42 Å². The van der Waals surface area contributed by atoms with Crippen molar-refractivity contribution in [3.8, 4) is 0 Å². The molecule has 4 heteroatoms. The average molecular weight is 248 g/mol. The lowest BCUT2D eigenvalue weighted by molar-refractivity contribution is 0.0526. The fourth-order valence-corrected chi connectivity index (χ4v) is 2.22. The van der Waals surface area contributed by atoms with Crippen LogP contribution in [0.4, 0.5) is 5.82 Å². The Labute approximate surface area is 108 Å². The van der Waals surface area contributed by atoms with E-state index in [1.165, 1.54) is 19.3 Å². The second-order valence-corrected chi connectivity index (χ2v) is 4.77. The van der Waals surface area contributed by atoms with Gasteiger partial charge in [-0.05, 0) is 37.8 Å². The third-order valence-electron chi connectivity index (χ3n) is 3.40. The summed E-state index contributed by atoms with van der Waals surface area (Å²) in [5.74, 6) is 1.18. The highest BCUT2D eigenvalue weighted by atomic mass is 16.5. The van der Waals surface area contributed by atoms with Crippen molar-refractivity contribution >= 4 is 11.8 Å². The van der Waals surface area contributed by atoms with Crippen LogP contribution in [-0.2, 0) is 4.74 Å². The smallest absolute Gasteiger partial charge is 0.341 e. The lowest BCUT2D eigenvalue weighted by atomic mass is 9.85. The molecule has 1 aromatic rings. The molecule has 0 radical (unpaired) electrons. The molecule has 4 nitrogen and oxygen atoms in total. The van der Waals surface area contributed by atoms with Crippen LogP contribution in [0, 0.1) is 5.92 Å². The summed E-state index contributed by atoms with van der Waals surface area (Å²) in [6.07, 6.45) is 5.61. The van der Waals surface area contributed by atoms with E-state index in [9.17, 15) is 4.79 Å². The highest BCUT2D eigenvalue weighted by Gasteiger charge is 2.22. The zero-order chi connectivity index (χ0) is 13.0. The molecule has 18 heavy (non-hydrogen) atoms. The molecule has 1 aliphatic rings. The van der Waals surface area contributed by atoms with Crippen molar-refractivity contribution < 1.29 is 9.53 Å². The lowest BCUT2D eigenvalue weighted by Crippen LogP contribution is -2.31. The largest absolute Gasteiger partial charge is 0.462 e. The van der Waals surface area contributed by atoms with E-state index < -0.39 is 0 Å². The zero-order valence-corrected chi connectivity index (χ0v) is 11.1. The Bertz CT molecular complexity index is 416. The van der Waals surface area contributed by atoms with Gasteiger partial charge in [-0.3, -0.25) is 0 Å². The molecule has 1 aromatic heterocycles. The van der Waals surface area contributed by atoms with Gasteiger partial charge < -0.3 is 9.64 Å². The molecule has 0 aromatic carbocycles. The highest BCUT2D eigenvalue weighted by Crippen LogP contribution is 2.28. The minimum Gasteiger partial charge on any atom is -0.462 e. The Morgan fingerprint density at radius 1 is 1.56 bits per heavy atom. The molecule has 1 saturated carbocycles. The first-order chi connectivity index (χ1) is 8.72. The number of carbonyl (C=O) groups excluding carboxylic acids is 1. The summed E-state index contributed by atoms with van der Waals surface area (Å²) in [6.45, 7) is 3.16. The van der Waals surface area contributed by atoms with Gasteiger partial charge in [-0.2, -0.15) is 0 Å². The predicted molar refractivity (Wildman–Crippen MR) is 70.8 cm³/mol. The van der Waals surface area contributed by atoms with E-state index in [0.717, 1.165) is 18.3 Å². The summed E-state index contributed by atoms with van der Waals surface area (Å²) < 4.78 is 5.06. The summed E-state index contributed by atoms with van der Waals surface area (Å²) in [5.41, 5.74) is 0.557. The van der Waals surface area contributed by atoms with Gasteiger partial charge in [0.25, 0.3) is 0 Å². The van der Waals surface area contributed by atoms with Crippen molar-refractivity contribution in [3.63, 3.8) is 0 Å². The molecule has 2 rings (SSSR count). The molecule has 1 aliphatic carbocycles. The molecule has 1 heterocycles. The number of hydrogen-bond acceptors (Lipinski definition) is 4. The molecule has 0 aliphatic heterocycles. The molecule has 98 valence electrons. The number of carbonyl (C=O) groups is 1. The van der Waals surface area contributed by atoms with Crippen LogP contribution in [0.2, 0.25) is 0 Å². The van der Waals surface area contributed by atoms with Gasteiger partial charge in [0.05, 0.1) is 6.61 Å². The van der Waals surface area contributed by atoms with Crippen molar-refractivity contribution in [1.29, 1.82) is 0 Å². The first-order valence-electron chi connectivity index (χ1n) is 6.55. The molecule has 0 saturated heterocycles. The van der Waals surface area contributed by atoms with E-state index >= 15 is 0 Å². The van der Waals surface area contributed by atoms with Crippen LogP contribution in [0.3, 0.4) is 0 Å². The summed E-state index contributed by atoms with van der Waals surface area (Å²) >= 11 is 0. The Morgan fingerprint density at radius 2 is 2.33 bits per heavy atom. The Balaban J connectivity index is 2.12. The van der Waals surface area contributed by atoms with Gasteiger partial charge in [-0.25, -0.2) is 9.78 Å². The topological polar surface area (TPSA) is 42.4 Å². The number of pyridine rings is 1. The van der Waals surface area contributed by atoms with Gasteiger partial charge >= 0.3 is 5.97 Å². The van der Waals surface area contributed by atoms with Crippen molar-refractivity contribution in [2.24, 2.45) is 5.92 Å². The van der Waals surface area contributed by atoms with Gasteiger partial charge in [-0.15, -0.1) is 0 Å². The second-order valence-electron chi connectivity index (χ2n) is 4.77. The van der Waals surface area contributed by atoms with Crippen LogP contribution in [0.1, 0.15) is 36.5 Å². The second kappa shape index (κ2) is 5.85. The number of ether oxygens (including phenoxy) is 1. The number of aromatic nitrogens is 1. The monoisotopic (exact) mass is 248 g/mol. The maximum Gasteiger partial charge on any atom is 0.341 e. The van der Waals surface area contributed by atoms with Gasteiger partial charge in [0.1, 0.15) is 11.4 Å². The Kier molecular flexibility index (Phi) is 4.18. The van der Waals surface area contributed by atoms with E-state index in [2.05, 4.69) is 9.88 Å². The van der Waals surface area contributed by atoms with Crippen molar-refractivity contribution in [2.45, 2.75) is 26.2 Å². The van der Waals surface area contributed by atoms with Crippen molar-refractivity contribution in [3.05, 3.63) is 23.9 Å². The van der Waals surface area contributed by atoms with Crippen LogP contribution in [0.15, 0.2) is 18.3 Å². The fourth-order valence-electron chi connectivity index (χ4n) is 2.22. The van der Waals surface area contributed by atoms with Gasteiger partial charge in [0.15, 0.2) is 0 Å². The van der Waals surface area contributed by atoms with Crippen LogP contribution in [0.5, 0.6) is 0 Å². The van der Waals surface area contributed by atoms with Gasteiger partial charge in [0.2, 0.25) is 0 Å². The molecule has 0 spiro atoms. The van der Waals surface area contributed by atoms with E-state index in [1.54, 1.807) is 18.3 Å². The summed E-state index contributed by atoms with van der Waals surface area (Å²) in [7, 11) is 1.99. The normalized spacial score (nSPS) is 15.0. The van der Waals surface area contributed by atoms with Crippen LogP contribution < -0.4 is 4.90 Å². The SMILES string of the molecule is CCOC(=O)c1cccnc1N(C)CC1CCC1. The number of nitrogens with zero attached hydrogens (tertiary/aromatic N) is 2. The first kappa shape index (κ1) is 12.9. The molecule has 0 N–H and O–H groups in total. The molecule has 0 amide bonds. The van der Waals surface area contributed by atoms with Gasteiger partial charge in [0, 0.05) is 19.8 Å². The molecule has 0 bridgehead atoms. The van der Waals surface area contributed by atoms with E-state index in [0.29, 0.717) is 12.2 Å². The Morgan fingerprint density at radius 3 is 2.94 bits per heavy atom. The third-order valence-corrected chi connectivity index (χ3v) is 3.40. The lowest BCUT2D eigenvalue weighted by Gasteiger charge is -2.31.